The molecule has 0 bridgehead atoms. The number of aromatic nitrogens is 2. The fourth-order valence-electron chi connectivity index (χ4n) is 1.57. The van der Waals surface area contributed by atoms with Crippen LogP contribution in [0.2, 0.25) is 0 Å². The second-order valence-corrected chi connectivity index (χ2v) is 3.62. The summed E-state index contributed by atoms with van der Waals surface area (Å²) in [6, 6.07) is 8.10. The third kappa shape index (κ3) is 2.55. The maximum absolute atomic E-state index is 8.62. The Hall–Kier alpha value is -2.60. The van der Waals surface area contributed by atoms with Crippen LogP contribution in [0.15, 0.2) is 22.7 Å². The summed E-state index contributed by atoms with van der Waals surface area (Å²) < 4.78 is 5.56. The van der Waals surface area contributed by atoms with Gasteiger partial charge in [0.2, 0.25) is 5.65 Å². The van der Waals surface area contributed by atoms with Crippen molar-refractivity contribution in [3.63, 3.8) is 0 Å². The van der Waals surface area contributed by atoms with Crippen LogP contribution in [-0.2, 0) is 0 Å². The number of hydrogen-bond acceptors (Lipinski definition) is 6. The standard InChI is InChI=1S/C12H11N5O/c13-5-2-8-17(9-3-6-14)12-16-11-10(18-12)4-1-7-15-11/h1,4,7H,2-3,8-9H2. The SMILES string of the molecule is N#CCCN(CCC#N)c1nc2ncccc2o1. The van der Waals surface area contributed by atoms with Gasteiger partial charge in [-0.1, -0.05) is 0 Å². The van der Waals surface area contributed by atoms with Crippen molar-refractivity contribution in [3.8, 4) is 12.1 Å². The molecule has 6 heteroatoms. The predicted octanol–water partition coefficient (Wildman–Crippen LogP) is 1.86. The van der Waals surface area contributed by atoms with E-state index in [4.69, 9.17) is 14.9 Å². The highest BCUT2D eigenvalue weighted by Crippen LogP contribution is 2.20. The molecule has 0 saturated heterocycles. The highest BCUT2D eigenvalue weighted by atomic mass is 16.4. The molecule has 2 rings (SSSR count). The van der Waals surface area contributed by atoms with Gasteiger partial charge in [0, 0.05) is 19.3 Å². The van der Waals surface area contributed by atoms with E-state index in [1.54, 1.807) is 23.2 Å². The van der Waals surface area contributed by atoms with Crippen molar-refractivity contribution >= 4 is 17.2 Å². The number of nitrogens with zero attached hydrogens (tertiary/aromatic N) is 5. The highest BCUT2D eigenvalue weighted by molar-refractivity contribution is 5.69. The zero-order valence-electron chi connectivity index (χ0n) is 9.70. The van der Waals surface area contributed by atoms with E-state index in [0.717, 1.165) is 0 Å². The van der Waals surface area contributed by atoms with Crippen molar-refractivity contribution in [3.05, 3.63) is 18.3 Å². The number of hydrogen-bond donors (Lipinski definition) is 0. The second-order valence-electron chi connectivity index (χ2n) is 3.62. The lowest BCUT2D eigenvalue weighted by molar-refractivity contribution is 0.568. The molecule has 18 heavy (non-hydrogen) atoms. The Morgan fingerprint density at radius 1 is 1.22 bits per heavy atom. The summed E-state index contributed by atoms with van der Waals surface area (Å²) in [5.41, 5.74) is 1.14. The lowest BCUT2D eigenvalue weighted by Crippen LogP contribution is -2.25. The normalized spacial score (nSPS) is 9.89. The topological polar surface area (TPSA) is 89.7 Å². The van der Waals surface area contributed by atoms with Gasteiger partial charge in [0.1, 0.15) is 0 Å². The van der Waals surface area contributed by atoms with Crippen LogP contribution in [0.1, 0.15) is 12.8 Å². The number of oxazole rings is 1. The van der Waals surface area contributed by atoms with E-state index in [-0.39, 0.29) is 0 Å². The fraction of sp³-hybridized carbons (Fsp3) is 0.333. The minimum Gasteiger partial charge on any atom is -0.422 e. The van der Waals surface area contributed by atoms with E-state index in [1.807, 2.05) is 0 Å². The molecule has 0 spiro atoms. The summed E-state index contributed by atoms with van der Waals surface area (Å²) in [7, 11) is 0. The molecular weight excluding hydrogens is 230 g/mol. The van der Waals surface area contributed by atoms with Crippen molar-refractivity contribution in [2.45, 2.75) is 12.8 Å². The predicted molar refractivity (Wildman–Crippen MR) is 64.5 cm³/mol. The van der Waals surface area contributed by atoms with Crippen LogP contribution in [0.3, 0.4) is 0 Å². The van der Waals surface area contributed by atoms with Crippen LogP contribution in [-0.4, -0.2) is 23.1 Å². The number of fused-ring (bicyclic) bond motifs is 1. The third-order valence-corrected chi connectivity index (χ3v) is 2.41. The van der Waals surface area contributed by atoms with E-state index in [2.05, 4.69) is 22.1 Å². The molecule has 0 saturated carbocycles. The van der Waals surface area contributed by atoms with Gasteiger partial charge in [0.25, 0.3) is 6.01 Å². The van der Waals surface area contributed by atoms with Crippen molar-refractivity contribution in [2.24, 2.45) is 0 Å². The molecule has 0 aliphatic heterocycles. The van der Waals surface area contributed by atoms with Crippen LogP contribution in [0.25, 0.3) is 11.2 Å². The molecule has 2 heterocycles. The average molecular weight is 241 g/mol. The van der Waals surface area contributed by atoms with Crippen LogP contribution >= 0.6 is 0 Å². The largest absolute Gasteiger partial charge is 0.422 e. The Bertz CT molecular complexity index is 556. The number of rotatable bonds is 5. The van der Waals surface area contributed by atoms with Gasteiger partial charge in [0.15, 0.2) is 5.58 Å². The summed E-state index contributed by atoms with van der Waals surface area (Å²) in [5, 5.41) is 17.2. The molecular formula is C12H11N5O. The van der Waals surface area contributed by atoms with Crippen LogP contribution in [0, 0.1) is 22.7 Å². The van der Waals surface area contributed by atoms with E-state index >= 15 is 0 Å². The summed E-state index contributed by atoms with van der Waals surface area (Å²) in [6.45, 7) is 0.982. The second kappa shape index (κ2) is 5.65. The Morgan fingerprint density at radius 2 is 1.94 bits per heavy atom. The Kier molecular flexibility index (Phi) is 3.72. The molecule has 6 nitrogen and oxygen atoms in total. The smallest absolute Gasteiger partial charge is 0.300 e. The number of nitriles is 2. The number of anilines is 1. The zero-order chi connectivity index (χ0) is 12.8. The van der Waals surface area contributed by atoms with Gasteiger partial charge in [-0.2, -0.15) is 15.5 Å². The van der Waals surface area contributed by atoms with E-state index in [9.17, 15) is 0 Å². The first-order valence-electron chi connectivity index (χ1n) is 5.55. The maximum Gasteiger partial charge on any atom is 0.300 e. The monoisotopic (exact) mass is 241 g/mol. The molecule has 0 aromatic carbocycles. The Morgan fingerprint density at radius 3 is 2.56 bits per heavy atom. The quantitative estimate of drug-likeness (QED) is 0.793. The molecule has 90 valence electrons. The van der Waals surface area contributed by atoms with Gasteiger partial charge >= 0.3 is 0 Å². The van der Waals surface area contributed by atoms with Gasteiger partial charge in [-0.25, -0.2) is 4.98 Å². The first-order valence-corrected chi connectivity index (χ1v) is 5.55. The van der Waals surface area contributed by atoms with Crippen molar-refractivity contribution in [1.29, 1.82) is 10.5 Å². The van der Waals surface area contributed by atoms with Crippen molar-refractivity contribution in [2.75, 3.05) is 18.0 Å². The summed E-state index contributed by atoms with van der Waals surface area (Å²) in [6.07, 6.45) is 2.36. The van der Waals surface area contributed by atoms with E-state index < -0.39 is 0 Å². The lowest BCUT2D eigenvalue weighted by atomic mass is 10.3. The molecule has 0 aliphatic carbocycles. The summed E-state index contributed by atoms with van der Waals surface area (Å²) in [5.74, 6) is 0. The summed E-state index contributed by atoms with van der Waals surface area (Å²) >= 11 is 0. The van der Waals surface area contributed by atoms with Crippen LogP contribution < -0.4 is 4.90 Å². The molecule has 0 fully saturated rings. The summed E-state index contributed by atoms with van der Waals surface area (Å²) in [4.78, 5) is 10.1. The molecule has 0 amide bonds. The van der Waals surface area contributed by atoms with Crippen LogP contribution in [0.5, 0.6) is 0 Å². The molecule has 0 unspecified atom stereocenters. The van der Waals surface area contributed by atoms with Gasteiger partial charge in [0.05, 0.1) is 25.0 Å². The molecule has 0 radical (unpaired) electrons. The van der Waals surface area contributed by atoms with Gasteiger partial charge in [-0.3, -0.25) is 0 Å². The van der Waals surface area contributed by atoms with Gasteiger partial charge in [-0.05, 0) is 12.1 Å². The molecule has 0 aliphatic rings. The highest BCUT2D eigenvalue weighted by Gasteiger charge is 2.13. The Balaban J connectivity index is 2.23. The van der Waals surface area contributed by atoms with E-state index in [0.29, 0.717) is 43.2 Å². The third-order valence-electron chi connectivity index (χ3n) is 2.41. The lowest BCUT2D eigenvalue weighted by Gasteiger charge is -2.16. The van der Waals surface area contributed by atoms with Gasteiger partial charge < -0.3 is 9.32 Å². The van der Waals surface area contributed by atoms with E-state index in [1.165, 1.54) is 0 Å². The van der Waals surface area contributed by atoms with Crippen LogP contribution in [0.4, 0.5) is 6.01 Å². The molecule has 0 N–H and O–H groups in total. The minimum absolute atomic E-state index is 0.359. The number of pyridine rings is 1. The van der Waals surface area contributed by atoms with Crippen molar-refractivity contribution < 1.29 is 4.42 Å². The fourth-order valence-corrected chi connectivity index (χ4v) is 1.57. The maximum atomic E-state index is 8.62. The zero-order valence-corrected chi connectivity index (χ0v) is 9.70. The molecule has 2 aromatic heterocycles. The molecule has 0 atom stereocenters. The first kappa shape index (κ1) is 11.9. The molecule has 2 aromatic rings. The Labute approximate surface area is 104 Å². The average Bonchev–Trinajstić information content (AvgIpc) is 2.82. The van der Waals surface area contributed by atoms with Crippen molar-refractivity contribution in [1.82, 2.24) is 9.97 Å². The first-order chi connectivity index (χ1) is 8.85. The van der Waals surface area contributed by atoms with Gasteiger partial charge in [-0.15, -0.1) is 0 Å². The minimum atomic E-state index is 0.359.